The third-order valence-corrected chi connectivity index (χ3v) is 4.85. The molecule has 1 aliphatic rings. The molecule has 2 unspecified atom stereocenters. The zero-order valence-corrected chi connectivity index (χ0v) is 15.6. The summed E-state index contributed by atoms with van der Waals surface area (Å²) in [5, 5.41) is 6.83. The molecule has 1 aromatic rings. The average Bonchev–Trinajstić information content (AvgIpc) is 2.90. The predicted molar refractivity (Wildman–Crippen MR) is 98.6 cm³/mol. The van der Waals surface area contributed by atoms with Crippen LogP contribution in [0.5, 0.6) is 0 Å². The summed E-state index contributed by atoms with van der Waals surface area (Å²) in [6, 6.07) is 4.75. The van der Waals surface area contributed by atoms with E-state index in [1.165, 1.54) is 9.75 Å². The highest BCUT2D eigenvalue weighted by Gasteiger charge is 2.17. The van der Waals surface area contributed by atoms with E-state index in [0.29, 0.717) is 12.6 Å². The van der Waals surface area contributed by atoms with Gasteiger partial charge in [-0.3, -0.25) is 4.99 Å². The van der Waals surface area contributed by atoms with Crippen molar-refractivity contribution >= 4 is 17.3 Å². The number of ether oxygens (including phenoxy) is 1. The lowest BCUT2D eigenvalue weighted by Gasteiger charge is -2.29. The van der Waals surface area contributed by atoms with E-state index in [9.17, 15) is 0 Å². The molecule has 2 heterocycles. The predicted octanol–water partition coefficient (Wildman–Crippen LogP) is 1.87. The van der Waals surface area contributed by atoms with Crippen LogP contribution in [0.4, 0.5) is 0 Å². The zero-order valence-electron chi connectivity index (χ0n) is 14.8. The van der Waals surface area contributed by atoms with Gasteiger partial charge >= 0.3 is 0 Å². The Morgan fingerprint density at radius 1 is 1.52 bits per heavy atom. The van der Waals surface area contributed by atoms with Gasteiger partial charge in [-0.2, -0.15) is 0 Å². The van der Waals surface area contributed by atoms with Gasteiger partial charge in [0.25, 0.3) is 0 Å². The monoisotopic (exact) mass is 338 g/mol. The maximum Gasteiger partial charge on any atom is 0.191 e. The number of hydrogen-bond donors (Lipinski definition) is 2. The second-order valence-electron chi connectivity index (χ2n) is 6.24. The number of aliphatic imine (C=N–C) groups is 1. The summed E-state index contributed by atoms with van der Waals surface area (Å²) in [4.78, 5) is 9.78. The first kappa shape index (κ1) is 18.2. The van der Waals surface area contributed by atoms with E-state index < -0.39 is 0 Å². The molecule has 0 bridgehead atoms. The normalized spacial score (nSPS) is 21.2. The Bertz CT molecular complexity index is 503. The molecule has 1 aliphatic heterocycles. The Labute approximate surface area is 144 Å². The summed E-state index contributed by atoms with van der Waals surface area (Å²) in [7, 11) is 2.13. The molecular formula is C17H30N4OS. The minimum absolute atomic E-state index is 0.194. The molecular weight excluding hydrogens is 308 g/mol. The van der Waals surface area contributed by atoms with E-state index in [0.717, 1.165) is 38.6 Å². The Balaban J connectivity index is 1.85. The lowest BCUT2D eigenvalue weighted by molar-refractivity contribution is -0.0136. The Hall–Kier alpha value is -1.11. The van der Waals surface area contributed by atoms with Crippen LogP contribution < -0.4 is 10.6 Å². The summed E-state index contributed by atoms with van der Waals surface area (Å²) in [5.74, 6) is 0.880. The smallest absolute Gasteiger partial charge is 0.191 e. The average molecular weight is 339 g/mol. The molecule has 5 nitrogen and oxygen atoms in total. The van der Waals surface area contributed by atoms with Crippen molar-refractivity contribution in [3.05, 3.63) is 21.9 Å². The van der Waals surface area contributed by atoms with E-state index in [2.05, 4.69) is 55.5 Å². The first-order valence-electron chi connectivity index (χ1n) is 8.47. The number of thiophene rings is 1. The molecule has 23 heavy (non-hydrogen) atoms. The van der Waals surface area contributed by atoms with Crippen molar-refractivity contribution < 1.29 is 4.74 Å². The second kappa shape index (κ2) is 9.25. The minimum Gasteiger partial charge on any atom is -0.374 e. The van der Waals surface area contributed by atoms with Crippen LogP contribution in [0, 0.1) is 6.92 Å². The highest BCUT2D eigenvalue weighted by atomic mass is 32.1. The van der Waals surface area contributed by atoms with Gasteiger partial charge in [0.05, 0.1) is 19.3 Å². The largest absolute Gasteiger partial charge is 0.374 e. The summed E-state index contributed by atoms with van der Waals surface area (Å²) in [6.45, 7) is 10.8. The van der Waals surface area contributed by atoms with Crippen molar-refractivity contribution in [2.24, 2.45) is 4.99 Å². The Morgan fingerprint density at radius 2 is 2.35 bits per heavy atom. The van der Waals surface area contributed by atoms with Crippen LogP contribution in [0.25, 0.3) is 0 Å². The first-order valence-corrected chi connectivity index (χ1v) is 9.28. The van der Waals surface area contributed by atoms with Crippen molar-refractivity contribution in [1.82, 2.24) is 15.5 Å². The molecule has 130 valence electrons. The van der Waals surface area contributed by atoms with Crippen molar-refractivity contribution in [2.45, 2.75) is 39.3 Å². The van der Waals surface area contributed by atoms with E-state index in [-0.39, 0.29) is 6.10 Å². The van der Waals surface area contributed by atoms with Gasteiger partial charge in [0, 0.05) is 41.9 Å². The molecule has 2 rings (SSSR count). The number of aryl methyl sites for hydroxylation is 1. The fraction of sp³-hybridized carbons (Fsp3) is 0.706. The SMILES string of the molecule is CCNC(=NCC1CN(C)CCO1)NC(C)Cc1ccc(C)s1. The van der Waals surface area contributed by atoms with E-state index in [4.69, 9.17) is 9.73 Å². The highest BCUT2D eigenvalue weighted by molar-refractivity contribution is 7.11. The highest BCUT2D eigenvalue weighted by Crippen LogP contribution is 2.16. The van der Waals surface area contributed by atoms with Crippen LogP contribution in [-0.2, 0) is 11.2 Å². The number of nitrogens with one attached hydrogen (secondary N) is 2. The molecule has 0 aliphatic carbocycles. The molecule has 0 amide bonds. The molecule has 0 saturated carbocycles. The topological polar surface area (TPSA) is 48.9 Å². The third-order valence-electron chi connectivity index (χ3n) is 3.83. The lowest BCUT2D eigenvalue weighted by Crippen LogP contribution is -2.45. The molecule has 2 atom stereocenters. The van der Waals surface area contributed by atoms with Crippen molar-refractivity contribution in [3.63, 3.8) is 0 Å². The molecule has 2 N–H and O–H groups in total. The Morgan fingerprint density at radius 3 is 3.00 bits per heavy atom. The molecule has 1 fully saturated rings. The second-order valence-corrected chi connectivity index (χ2v) is 7.61. The summed E-state index contributed by atoms with van der Waals surface area (Å²) < 4.78 is 5.78. The fourth-order valence-corrected chi connectivity index (χ4v) is 3.69. The minimum atomic E-state index is 0.194. The molecule has 0 aromatic carbocycles. The van der Waals surface area contributed by atoms with E-state index in [1.54, 1.807) is 0 Å². The number of nitrogens with zero attached hydrogens (tertiary/aromatic N) is 2. The van der Waals surface area contributed by atoms with Gasteiger partial charge in [0.2, 0.25) is 0 Å². The quantitative estimate of drug-likeness (QED) is 0.614. The van der Waals surface area contributed by atoms with Crippen LogP contribution in [0.15, 0.2) is 17.1 Å². The van der Waals surface area contributed by atoms with E-state index in [1.807, 2.05) is 11.3 Å². The van der Waals surface area contributed by atoms with Crippen molar-refractivity contribution in [2.75, 3.05) is 39.8 Å². The fourth-order valence-electron chi connectivity index (χ4n) is 2.67. The van der Waals surface area contributed by atoms with Gasteiger partial charge in [-0.25, -0.2) is 0 Å². The van der Waals surface area contributed by atoms with Crippen LogP contribution in [0.3, 0.4) is 0 Å². The number of rotatable bonds is 6. The zero-order chi connectivity index (χ0) is 16.7. The molecule has 0 radical (unpaired) electrons. The van der Waals surface area contributed by atoms with Gasteiger partial charge in [-0.1, -0.05) is 0 Å². The lowest BCUT2D eigenvalue weighted by atomic mass is 10.2. The number of hydrogen-bond acceptors (Lipinski definition) is 4. The summed E-state index contributed by atoms with van der Waals surface area (Å²) in [6.07, 6.45) is 1.21. The summed E-state index contributed by atoms with van der Waals surface area (Å²) >= 11 is 1.87. The molecule has 6 heteroatoms. The van der Waals surface area contributed by atoms with Gasteiger partial charge in [0.15, 0.2) is 5.96 Å². The first-order chi connectivity index (χ1) is 11.1. The number of morpholine rings is 1. The van der Waals surface area contributed by atoms with Crippen LogP contribution in [-0.4, -0.2) is 62.8 Å². The summed E-state index contributed by atoms with van der Waals surface area (Å²) in [5.41, 5.74) is 0. The van der Waals surface area contributed by atoms with E-state index >= 15 is 0 Å². The van der Waals surface area contributed by atoms with Crippen LogP contribution >= 0.6 is 11.3 Å². The number of guanidine groups is 1. The van der Waals surface area contributed by atoms with Crippen molar-refractivity contribution in [1.29, 1.82) is 0 Å². The third kappa shape index (κ3) is 6.49. The van der Waals surface area contributed by atoms with Gasteiger partial charge in [-0.15, -0.1) is 11.3 Å². The Kier molecular flexibility index (Phi) is 7.33. The van der Waals surface area contributed by atoms with Gasteiger partial charge < -0.3 is 20.3 Å². The van der Waals surface area contributed by atoms with Gasteiger partial charge in [-0.05, 0) is 40.0 Å². The maximum absolute atomic E-state index is 5.78. The maximum atomic E-state index is 5.78. The molecule has 1 aromatic heterocycles. The molecule has 1 saturated heterocycles. The van der Waals surface area contributed by atoms with Crippen LogP contribution in [0.2, 0.25) is 0 Å². The number of likely N-dealkylation sites (N-methyl/N-ethyl adjacent to an activating group) is 1. The van der Waals surface area contributed by atoms with Crippen molar-refractivity contribution in [3.8, 4) is 0 Å². The van der Waals surface area contributed by atoms with Gasteiger partial charge in [0.1, 0.15) is 0 Å². The van der Waals surface area contributed by atoms with Crippen LogP contribution in [0.1, 0.15) is 23.6 Å². The standard InChI is InChI=1S/C17H30N4OS/c1-5-18-17(19-11-15-12-21(4)8-9-22-15)20-13(2)10-16-7-6-14(3)23-16/h6-7,13,15H,5,8-12H2,1-4H3,(H2,18,19,20). The molecule has 0 spiro atoms.